The molecule has 0 aromatic rings. The fraction of sp³-hybridized carbons (Fsp3) is 0.714. The Morgan fingerprint density at radius 1 is 1.62 bits per heavy atom. The van der Waals surface area contributed by atoms with Crippen LogP contribution in [-0.2, 0) is 9.59 Å². The van der Waals surface area contributed by atoms with Crippen LogP contribution in [0.4, 0.5) is 0 Å². The second kappa shape index (κ2) is 7.27. The van der Waals surface area contributed by atoms with Crippen LogP contribution >= 0.6 is 0 Å². The number of carbonyl (C=O) groups is 1. The first-order valence-electron chi connectivity index (χ1n) is 3.97. The van der Waals surface area contributed by atoms with Gasteiger partial charge in [-0.25, -0.2) is 9.59 Å². The van der Waals surface area contributed by atoms with Crippen LogP contribution in [-0.4, -0.2) is 29.7 Å². The number of aliphatic carboxylic acids is 1. The van der Waals surface area contributed by atoms with Crippen molar-refractivity contribution in [1.82, 2.24) is 5.43 Å². The summed E-state index contributed by atoms with van der Waals surface area (Å²) < 4.78 is 0. The summed E-state index contributed by atoms with van der Waals surface area (Å²) in [6.45, 7) is 0.531. The number of hydrogen-bond donors (Lipinski definition) is 3. The molecule has 0 bridgehead atoms. The molecule has 6 nitrogen and oxygen atoms in total. The smallest absolute Gasteiger partial charge is 0.327 e. The van der Waals surface area contributed by atoms with Crippen molar-refractivity contribution >= 4 is 12.0 Å². The molecule has 6 heteroatoms. The summed E-state index contributed by atoms with van der Waals surface area (Å²) in [4.78, 5) is 20.2. The Balaban J connectivity index is 3.80. The average molecular weight is 187 g/mol. The van der Waals surface area contributed by atoms with E-state index in [9.17, 15) is 9.59 Å². The van der Waals surface area contributed by atoms with E-state index in [1.165, 1.54) is 6.08 Å². The number of carboxylic acid groups (broad SMARTS) is 1. The number of carbonyl (C=O) groups excluding carboxylic acids is 1. The predicted octanol–water partition coefficient (Wildman–Crippen LogP) is -0.591. The highest BCUT2D eigenvalue weighted by atomic mass is 16.4. The Morgan fingerprint density at radius 2 is 2.31 bits per heavy atom. The molecule has 0 unspecified atom stereocenters. The summed E-state index contributed by atoms with van der Waals surface area (Å²) in [5.41, 5.74) is 7.43. The highest BCUT2D eigenvalue weighted by Gasteiger charge is 2.15. The number of hydrogen-bond acceptors (Lipinski definition) is 5. The van der Waals surface area contributed by atoms with Gasteiger partial charge in [-0.05, 0) is 25.8 Å². The fourth-order valence-electron chi connectivity index (χ4n) is 0.840. The van der Waals surface area contributed by atoms with Crippen molar-refractivity contribution in [3.8, 4) is 0 Å². The molecule has 0 aromatic carbocycles. The van der Waals surface area contributed by atoms with E-state index in [4.69, 9.17) is 10.8 Å². The van der Waals surface area contributed by atoms with Crippen LogP contribution in [0.2, 0.25) is 0 Å². The van der Waals surface area contributed by atoms with E-state index < -0.39 is 12.0 Å². The zero-order valence-electron chi connectivity index (χ0n) is 7.19. The third kappa shape index (κ3) is 5.84. The largest absolute Gasteiger partial charge is 0.480 e. The van der Waals surface area contributed by atoms with Crippen molar-refractivity contribution in [3.63, 3.8) is 0 Å². The van der Waals surface area contributed by atoms with Gasteiger partial charge in [-0.1, -0.05) is 5.10 Å². The van der Waals surface area contributed by atoms with Gasteiger partial charge in [-0.3, -0.25) is 5.43 Å². The van der Waals surface area contributed by atoms with Crippen molar-refractivity contribution < 1.29 is 14.7 Å². The molecule has 0 radical (unpaired) electrons. The minimum atomic E-state index is -1.03. The molecule has 74 valence electrons. The molecule has 0 aromatic heterocycles. The first-order valence-corrected chi connectivity index (χ1v) is 3.97. The van der Waals surface area contributed by atoms with E-state index >= 15 is 0 Å². The van der Waals surface area contributed by atoms with E-state index in [2.05, 4.69) is 10.5 Å². The number of nitrogens with zero attached hydrogens (tertiary/aromatic N) is 1. The number of nitrogens with two attached hydrogens (primary N) is 1. The zero-order valence-corrected chi connectivity index (χ0v) is 7.19. The fourth-order valence-corrected chi connectivity index (χ4v) is 0.840. The van der Waals surface area contributed by atoms with Gasteiger partial charge in [0, 0.05) is 0 Å². The van der Waals surface area contributed by atoms with Crippen molar-refractivity contribution in [2.24, 2.45) is 10.8 Å². The maximum absolute atomic E-state index is 10.5. The Kier molecular flexibility index (Phi) is 6.49. The quantitative estimate of drug-likeness (QED) is 0.214. The highest BCUT2D eigenvalue weighted by Crippen LogP contribution is 2.00. The van der Waals surface area contributed by atoms with Crippen LogP contribution in [0, 0.1) is 0 Å². The Labute approximate surface area is 75.8 Å². The van der Waals surface area contributed by atoms with Crippen LogP contribution < -0.4 is 11.2 Å². The zero-order chi connectivity index (χ0) is 10.1. The van der Waals surface area contributed by atoms with Crippen molar-refractivity contribution in [1.29, 1.82) is 0 Å². The third-order valence-corrected chi connectivity index (χ3v) is 1.51. The summed E-state index contributed by atoms with van der Waals surface area (Å²) >= 11 is 0. The maximum Gasteiger partial charge on any atom is 0.327 e. The molecule has 0 aliphatic carbocycles. The number of isocyanates is 1. The van der Waals surface area contributed by atoms with E-state index in [1.807, 2.05) is 0 Å². The number of hydrazone groups is 1. The first-order chi connectivity index (χ1) is 6.22. The highest BCUT2D eigenvalue weighted by molar-refractivity contribution is 5.73. The number of nitrogens with one attached hydrogen (secondary N) is 1. The van der Waals surface area contributed by atoms with E-state index in [0.717, 1.165) is 6.42 Å². The molecule has 1 atom stereocenters. The Bertz CT molecular complexity index is 201. The van der Waals surface area contributed by atoms with Crippen molar-refractivity contribution in [2.75, 3.05) is 6.54 Å². The molecule has 0 heterocycles. The van der Waals surface area contributed by atoms with Crippen LogP contribution in [0.25, 0.3) is 0 Å². The molecule has 0 amide bonds. The summed E-state index contributed by atoms with van der Waals surface area (Å²) in [5, 5.41) is 11.6. The SMILES string of the molecule is NCCCC[C@H](NN=C=O)C(=O)O. The lowest BCUT2D eigenvalue weighted by Crippen LogP contribution is -2.33. The topological polar surface area (TPSA) is 105 Å². The van der Waals surface area contributed by atoms with Gasteiger partial charge in [0.1, 0.15) is 6.04 Å². The summed E-state index contributed by atoms with van der Waals surface area (Å²) in [5.74, 6) is -1.03. The second-order valence-electron chi connectivity index (χ2n) is 2.51. The predicted molar refractivity (Wildman–Crippen MR) is 45.6 cm³/mol. The lowest BCUT2D eigenvalue weighted by atomic mass is 10.1. The van der Waals surface area contributed by atoms with Crippen molar-refractivity contribution in [2.45, 2.75) is 25.3 Å². The van der Waals surface area contributed by atoms with Crippen LogP contribution in [0.3, 0.4) is 0 Å². The van der Waals surface area contributed by atoms with Crippen LogP contribution in [0.15, 0.2) is 5.10 Å². The van der Waals surface area contributed by atoms with Gasteiger partial charge in [0.25, 0.3) is 6.08 Å². The Hall–Kier alpha value is -1.39. The van der Waals surface area contributed by atoms with Gasteiger partial charge in [-0.2, -0.15) is 0 Å². The molecule has 0 aliphatic heterocycles. The van der Waals surface area contributed by atoms with E-state index in [-0.39, 0.29) is 0 Å². The van der Waals surface area contributed by atoms with Gasteiger partial charge in [-0.15, -0.1) is 0 Å². The molecule has 0 aliphatic rings. The van der Waals surface area contributed by atoms with Gasteiger partial charge in [0.2, 0.25) is 0 Å². The van der Waals surface area contributed by atoms with Crippen molar-refractivity contribution in [3.05, 3.63) is 0 Å². The molecule has 0 saturated carbocycles. The van der Waals surface area contributed by atoms with Gasteiger partial charge >= 0.3 is 5.97 Å². The second-order valence-corrected chi connectivity index (χ2v) is 2.51. The normalized spacial score (nSPS) is 11.5. The lowest BCUT2D eigenvalue weighted by molar-refractivity contribution is -0.139. The molecule has 13 heavy (non-hydrogen) atoms. The molecule has 0 rings (SSSR count). The van der Waals surface area contributed by atoms with Gasteiger partial charge in [0.15, 0.2) is 0 Å². The monoisotopic (exact) mass is 187 g/mol. The third-order valence-electron chi connectivity index (χ3n) is 1.51. The number of unbranched alkanes of at least 4 members (excludes halogenated alkanes) is 1. The standard InChI is InChI=1S/C7H13N3O3/c8-4-2-1-3-6(7(12)13)10-9-5-11/h6,10H,1-4,8H2,(H,12,13)/t6-/m0/s1. The van der Waals surface area contributed by atoms with Crippen LogP contribution in [0.1, 0.15) is 19.3 Å². The first kappa shape index (κ1) is 11.6. The maximum atomic E-state index is 10.5. The van der Waals surface area contributed by atoms with E-state index in [0.29, 0.717) is 19.4 Å². The van der Waals surface area contributed by atoms with Crippen LogP contribution in [0.5, 0.6) is 0 Å². The summed E-state index contributed by atoms with van der Waals surface area (Å²) in [7, 11) is 0. The minimum absolute atomic E-state index is 0.401. The molecule has 0 fully saturated rings. The lowest BCUT2D eigenvalue weighted by Gasteiger charge is -2.09. The number of rotatable bonds is 7. The Morgan fingerprint density at radius 3 is 2.77 bits per heavy atom. The van der Waals surface area contributed by atoms with Gasteiger partial charge in [0.05, 0.1) is 0 Å². The molecule has 0 spiro atoms. The van der Waals surface area contributed by atoms with Gasteiger partial charge < -0.3 is 10.8 Å². The van der Waals surface area contributed by atoms with E-state index in [1.54, 1.807) is 0 Å². The molecular formula is C7H13N3O3. The average Bonchev–Trinajstić information content (AvgIpc) is 2.10. The molecule has 4 N–H and O–H groups in total. The summed E-state index contributed by atoms with van der Waals surface area (Å²) in [6.07, 6.45) is 3.07. The number of carboxylic acids is 1. The minimum Gasteiger partial charge on any atom is -0.480 e. The molecule has 0 saturated heterocycles. The molecular weight excluding hydrogens is 174 g/mol. The summed E-state index contributed by atoms with van der Waals surface area (Å²) in [6, 6.07) is -0.826.